The molecule has 0 spiro atoms. The summed E-state index contributed by atoms with van der Waals surface area (Å²) in [6.07, 6.45) is 7.28. The lowest BCUT2D eigenvalue weighted by atomic mass is 10.1. The SMILES string of the molecule is O=C(COC1C=CC(Cl)=CC1)Nc1ccc(NC(=O)COc2ccc(Cl)cc2)nc1. The lowest BCUT2D eigenvalue weighted by molar-refractivity contribution is -0.121. The molecule has 1 unspecified atom stereocenters. The summed E-state index contributed by atoms with van der Waals surface area (Å²) in [7, 11) is 0. The number of pyridine rings is 1. The molecule has 1 atom stereocenters. The monoisotopic (exact) mass is 447 g/mol. The number of carbonyl (C=O) groups is 2. The largest absolute Gasteiger partial charge is 0.484 e. The number of aromatic nitrogens is 1. The Kier molecular flexibility index (Phi) is 7.84. The molecular formula is C21H19Cl2N3O4. The molecule has 0 aliphatic heterocycles. The van der Waals surface area contributed by atoms with Crippen LogP contribution in [0.15, 0.2) is 65.9 Å². The Morgan fingerprint density at radius 1 is 1.03 bits per heavy atom. The quantitative estimate of drug-likeness (QED) is 0.633. The number of anilines is 2. The van der Waals surface area contributed by atoms with E-state index in [9.17, 15) is 9.59 Å². The van der Waals surface area contributed by atoms with Gasteiger partial charge in [-0.05, 0) is 48.9 Å². The van der Waals surface area contributed by atoms with E-state index in [2.05, 4.69) is 15.6 Å². The molecule has 2 amide bonds. The summed E-state index contributed by atoms with van der Waals surface area (Å²) in [6, 6.07) is 9.90. The van der Waals surface area contributed by atoms with Crippen LogP contribution in [-0.4, -0.2) is 36.1 Å². The van der Waals surface area contributed by atoms with E-state index >= 15 is 0 Å². The standard InChI is InChI=1S/C21H19Cl2N3O4/c22-14-1-6-17(7-2-14)29-12-20(27)25-16-5-10-19(24-11-16)26-21(28)13-30-18-8-3-15(23)4-9-18/h1-6,8-11,17H,7,12-13H2,(H,25,27)(H,24,26,28). The van der Waals surface area contributed by atoms with E-state index in [0.29, 0.717) is 33.7 Å². The number of benzene rings is 1. The van der Waals surface area contributed by atoms with Gasteiger partial charge in [0, 0.05) is 10.1 Å². The highest BCUT2D eigenvalue weighted by atomic mass is 35.5. The van der Waals surface area contributed by atoms with Crippen molar-refractivity contribution in [2.24, 2.45) is 0 Å². The van der Waals surface area contributed by atoms with Crippen molar-refractivity contribution in [2.45, 2.75) is 12.5 Å². The van der Waals surface area contributed by atoms with E-state index in [1.165, 1.54) is 6.20 Å². The average Bonchev–Trinajstić information content (AvgIpc) is 2.74. The number of rotatable bonds is 8. The van der Waals surface area contributed by atoms with Gasteiger partial charge in [0.2, 0.25) is 5.91 Å². The Labute approximate surface area is 183 Å². The van der Waals surface area contributed by atoms with Gasteiger partial charge in [0.1, 0.15) is 18.2 Å². The number of hydrogen-bond acceptors (Lipinski definition) is 5. The predicted molar refractivity (Wildman–Crippen MR) is 116 cm³/mol. The predicted octanol–water partition coefficient (Wildman–Crippen LogP) is 4.16. The van der Waals surface area contributed by atoms with Crippen molar-refractivity contribution >= 4 is 46.5 Å². The number of allylic oxidation sites excluding steroid dienone is 2. The summed E-state index contributed by atoms with van der Waals surface area (Å²) in [6.45, 7) is -0.268. The molecule has 156 valence electrons. The zero-order valence-corrected chi connectivity index (χ0v) is 17.3. The van der Waals surface area contributed by atoms with Crippen LogP contribution in [0.25, 0.3) is 0 Å². The maximum Gasteiger partial charge on any atom is 0.263 e. The highest BCUT2D eigenvalue weighted by Gasteiger charge is 2.11. The van der Waals surface area contributed by atoms with Crippen LogP contribution in [-0.2, 0) is 14.3 Å². The van der Waals surface area contributed by atoms with Crippen molar-refractivity contribution in [3.05, 3.63) is 70.9 Å². The maximum atomic E-state index is 12.0. The average molecular weight is 448 g/mol. The number of amides is 2. The van der Waals surface area contributed by atoms with E-state index < -0.39 is 0 Å². The molecule has 30 heavy (non-hydrogen) atoms. The molecular weight excluding hydrogens is 429 g/mol. The van der Waals surface area contributed by atoms with Gasteiger partial charge in [-0.3, -0.25) is 9.59 Å². The van der Waals surface area contributed by atoms with Gasteiger partial charge >= 0.3 is 0 Å². The van der Waals surface area contributed by atoms with E-state index in [-0.39, 0.29) is 31.1 Å². The van der Waals surface area contributed by atoms with Crippen molar-refractivity contribution in [2.75, 3.05) is 23.8 Å². The van der Waals surface area contributed by atoms with Crippen LogP contribution in [0.4, 0.5) is 11.5 Å². The third-order valence-corrected chi connectivity index (χ3v) is 4.47. The molecule has 0 fully saturated rings. The van der Waals surface area contributed by atoms with Crippen LogP contribution in [0, 0.1) is 0 Å². The molecule has 3 rings (SSSR count). The van der Waals surface area contributed by atoms with E-state index in [0.717, 1.165) is 0 Å². The molecule has 0 saturated carbocycles. The van der Waals surface area contributed by atoms with Gasteiger partial charge in [0.05, 0.1) is 18.0 Å². The second kappa shape index (κ2) is 10.8. The molecule has 2 aromatic rings. The minimum absolute atomic E-state index is 0.0962. The Morgan fingerprint density at radius 3 is 2.47 bits per heavy atom. The zero-order chi connectivity index (χ0) is 21.3. The first-order chi connectivity index (χ1) is 14.5. The fourth-order valence-electron chi connectivity index (χ4n) is 2.48. The fourth-order valence-corrected chi connectivity index (χ4v) is 2.77. The Balaban J connectivity index is 1.39. The van der Waals surface area contributed by atoms with Gasteiger partial charge in [-0.1, -0.05) is 35.4 Å². The second-order valence-corrected chi connectivity index (χ2v) is 7.18. The molecule has 1 heterocycles. The first kappa shape index (κ1) is 21.8. The Morgan fingerprint density at radius 2 is 1.80 bits per heavy atom. The van der Waals surface area contributed by atoms with Gasteiger partial charge in [-0.25, -0.2) is 4.98 Å². The molecule has 0 radical (unpaired) electrons. The first-order valence-electron chi connectivity index (χ1n) is 9.07. The van der Waals surface area contributed by atoms with Crippen molar-refractivity contribution in [3.8, 4) is 5.75 Å². The van der Waals surface area contributed by atoms with Crippen molar-refractivity contribution < 1.29 is 19.1 Å². The lowest BCUT2D eigenvalue weighted by Crippen LogP contribution is -2.23. The molecule has 0 saturated heterocycles. The van der Waals surface area contributed by atoms with Gasteiger partial charge in [-0.15, -0.1) is 0 Å². The molecule has 1 aliphatic rings. The first-order valence-corrected chi connectivity index (χ1v) is 9.83. The topological polar surface area (TPSA) is 89.6 Å². The number of nitrogens with one attached hydrogen (secondary N) is 2. The van der Waals surface area contributed by atoms with Crippen molar-refractivity contribution in [3.63, 3.8) is 0 Å². The molecule has 7 nitrogen and oxygen atoms in total. The summed E-state index contributed by atoms with van der Waals surface area (Å²) in [5.74, 6) is 0.201. The van der Waals surface area contributed by atoms with Crippen molar-refractivity contribution in [1.29, 1.82) is 0 Å². The summed E-state index contributed by atoms with van der Waals surface area (Å²) in [5.41, 5.74) is 0.487. The van der Waals surface area contributed by atoms with Crippen LogP contribution in [0.2, 0.25) is 5.02 Å². The van der Waals surface area contributed by atoms with Gasteiger partial charge in [0.15, 0.2) is 6.61 Å². The molecule has 2 N–H and O–H groups in total. The third-order valence-electron chi connectivity index (χ3n) is 3.94. The van der Waals surface area contributed by atoms with Gasteiger partial charge < -0.3 is 20.1 Å². The van der Waals surface area contributed by atoms with Gasteiger partial charge in [0.25, 0.3) is 5.91 Å². The van der Waals surface area contributed by atoms with E-state index in [4.69, 9.17) is 32.7 Å². The summed E-state index contributed by atoms with van der Waals surface area (Å²) in [4.78, 5) is 28.1. The lowest BCUT2D eigenvalue weighted by Gasteiger charge is -2.15. The normalized spacial score (nSPS) is 15.3. The summed E-state index contributed by atoms with van der Waals surface area (Å²) >= 11 is 11.6. The van der Waals surface area contributed by atoms with Gasteiger partial charge in [-0.2, -0.15) is 0 Å². The number of halogens is 2. The fraction of sp³-hybridized carbons (Fsp3) is 0.190. The highest BCUT2D eigenvalue weighted by Crippen LogP contribution is 2.17. The van der Waals surface area contributed by atoms with E-state index in [1.54, 1.807) is 42.5 Å². The molecule has 1 aliphatic carbocycles. The molecule has 9 heteroatoms. The number of hydrogen-bond donors (Lipinski definition) is 2. The molecule has 1 aromatic carbocycles. The molecule has 0 bridgehead atoms. The summed E-state index contributed by atoms with van der Waals surface area (Å²) in [5, 5.41) is 6.54. The minimum atomic E-state index is -0.364. The van der Waals surface area contributed by atoms with Crippen molar-refractivity contribution in [1.82, 2.24) is 4.98 Å². The minimum Gasteiger partial charge on any atom is -0.484 e. The van der Waals surface area contributed by atoms with E-state index in [1.807, 2.05) is 12.2 Å². The van der Waals surface area contributed by atoms with Crippen LogP contribution in [0.3, 0.4) is 0 Å². The third kappa shape index (κ3) is 7.18. The zero-order valence-electron chi connectivity index (χ0n) is 15.8. The highest BCUT2D eigenvalue weighted by molar-refractivity contribution is 6.31. The Bertz CT molecular complexity index is 944. The molecule has 1 aromatic heterocycles. The number of nitrogens with zero attached hydrogens (tertiary/aromatic N) is 1. The van der Waals surface area contributed by atoms with Crippen LogP contribution >= 0.6 is 23.2 Å². The van der Waals surface area contributed by atoms with Crippen LogP contribution in [0.5, 0.6) is 5.75 Å². The second-order valence-electron chi connectivity index (χ2n) is 6.30. The van der Waals surface area contributed by atoms with Crippen LogP contribution < -0.4 is 15.4 Å². The Hall–Kier alpha value is -2.87. The van der Waals surface area contributed by atoms with Crippen LogP contribution in [0.1, 0.15) is 6.42 Å². The summed E-state index contributed by atoms with van der Waals surface area (Å²) < 4.78 is 10.9. The maximum absolute atomic E-state index is 12.0. The number of ether oxygens (including phenoxy) is 2. The number of carbonyl (C=O) groups excluding carboxylic acids is 2. The smallest absolute Gasteiger partial charge is 0.263 e.